The fraction of sp³-hybridized carbons (Fsp3) is 0.118. The number of carbonyl (C=O) groups excluding carboxylic acids is 1. The standard InChI is InChI=1S/C17H16BrNO2/c1-19(2)14-7-3-12(4-8-14)5-9-16(20)15-11-13(18)6-10-17(15)21/h3-11,21H,1-2H3/b9-5+. The van der Waals surface area contributed by atoms with Crippen molar-refractivity contribution in [2.24, 2.45) is 0 Å². The van der Waals surface area contributed by atoms with Crippen LogP contribution in [0, 0.1) is 0 Å². The molecule has 0 amide bonds. The molecule has 21 heavy (non-hydrogen) atoms. The number of ketones is 1. The number of aromatic hydroxyl groups is 1. The maximum atomic E-state index is 12.1. The van der Waals surface area contributed by atoms with Gasteiger partial charge in [-0.2, -0.15) is 0 Å². The number of halogens is 1. The van der Waals surface area contributed by atoms with E-state index in [1.165, 1.54) is 12.1 Å². The molecule has 2 aromatic rings. The minimum absolute atomic E-state index is 0.0178. The van der Waals surface area contributed by atoms with Crippen LogP contribution in [0.1, 0.15) is 15.9 Å². The number of phenolic OH excluding ortho intramolecular Hbond substituents is 1. The largest absolute Gasteiger partial charge is 0.507 e. The molecule has 0 radical (unpaired) electrons. The number of allylic oxidation sites excluding steroid dienone is 1. The number of carbonyl (C=O) groups is 1. The van der Waals surface area contributed by atoms with Gasteiger partial charge in [0.2, 0.25) is 0 Å². The van der Waals surface area contributed by atoms with Crippen molar-refractivity contribution in [2.45, 2.75) is 0 Å². The highest BCUT2D eigenvalue weighted by molar-refractivity contribution is 9.10. The Morgan fingerprint density at radius 1 is 1.14 bits per heavy atom. The van der Waals surface area contributed by atoms with E-state index in [9.17, 15) is 9.90 Å². The summed E-state index contributed by atoms with van der Waals surface area (Å²) in [7, 11) is 3.95. The Morgan fingerprint density at radius 2 is 1.81 bits per heavy atom. The first-order valence-corrected chi connectivity index (χ1v) is 7.25. The van der Waals surface area contributed by atoms with Gasteiger partial charge in [-0.3, -0.25) is 4.79 Å². The van der Waals surface area contributed by atoms with E-state index in [1.54, 1.807) is 18.2 Å². The number of phenols is 1. The molecule has 0 aliphatic carbocycles. The molecular formula is C17H16BrNO2. The molecule has 0 bridgehead atoms. The highest BCUT2D eigenvalue weighted by atomic mass is 79.9. The van der Waals surface area contributed by atoms with Crippen LogP contribution in [-0.4, -0.2) is 25.0 Å². The highest BCUT2D eigenvalue weighted by Gasteiger charge is 2.08. The smallest absolute Gasteiger partial charge is 0.189 e. The summed E-state index contributed by atoms with van der Waals surface area (Å²) < 4.78 is 0.757. The lowest BCUT2D eigenvalue weighted by Gasteiger charge is -2.11. The Morgan fingerprint density at radius 3 is 2.43 bits per heavy atom. The van der Waals surface area contributed by atoms with Crippen molar-refractivity contribution in [1.82, 2.24) is 0 Å². The van der Waals surface area contributed by atoms with Gasteiger partial charge in [0.15, 0.2) is 5.78 Å². The second kappa shape index (κ2) is 6.59. The first-order chi connectivity index (χ1) is 9.97. The normalized spacial score (nSPS) is 10.8. The number of hydrogen-bond acceptors (Lipinski definition) is 3. The maximum Gasteiger partial charge on any atom is 0.189 e. The lowest BCUT2D eigenvalue weighted by atomic mass is 10.1. The van der Waals surface area contributed by atoms with Crippen molar-refractivity contribution in [1.29, 1.82) is 0 Å². The molecule has 0 atom stereocenters. The van der Waals surface area contributed by atoms with E-state index in [1.807, 2.05) is 43.3 Å². The van der Waals surface area contributed by atoms with Crippen molar-refractivity contribution in [3.05, 3.63) is 64.1 Å². The fourth-order valence-corrected chi connectivity index (χ4v) is 2.21. The Hall–Kier alpha value is -2.07. The van der Waals surface area contributed by atoms with Crippen LogP contribution in [0.25, 0.3) is 6.08 Å². The van der Waals surface area contributed by atoms with Gasteiger partial charge in [-0.05, 0) is 42.0 Å². The molecule has 0 aliphatic rings. The van der Waals surface area contributed by atoms with Gasteiger partial charge in [-0.15, -0.1) is 0 Å². The van der Waals surface area contributed by atoms with Crippen LogP contribution in [0.2, 0.25) is 0 Å². The summed E-state index contributed by atoms with van der Waals surface area (Å²) in [6.07, 6.45) is 3.20. The molecule has 0 saturated carbocycles. The van der Waals surface area contributed by atoms with E-state index in [-0.39, 0.29) is 17.1 Å². The third kappa shape index (κ3) is 3.95. The molecule has 3 nitrogen and oxygen atoms in total. The van der Waals surface area contributed by atoms with Gasteiger partial charge in [-0.25, -0.2) is 0 Å². The van der Waals surface area contributed by atoms with Gasteiger partial charge < -0.3 is 10.0 Å². The molecule has 0 heterocycles. The highest BCUT2D eigenvalue weighted by Crippen LogP contribution is 2.23. The molecular weight excluding hydrogens is 330 g/mol. The summed E-state index contributed by atoms with van der Waals surface area (Å²) in [5, 5.41) is 9.72. The molecule has 0 fully saturated rings. The average molecular weight is 346 g/mol. The number of rotatable bonds is 4. The van der Waals surface area contributed by atoms with Crippen LogP contribution in [0.15, 0.2) is 53.0 Å². The molecule has 0 spiro atoms. The zero-order chi connectivity index (χ0) is 15.4. The van der Waals surface area contributed by atoms with Gasteiger partial charge in [0.05, 0.1) is 5.56 Å². The molecule has 0 saturated heterocycles. The summed E-state index contributed by atoms with van der Waals surface area (Å²) in [5.41, 5.74) is 2.32. The first kappa shape index (κ1) is 15.3. The van der Waals surface area contributed by atoms with E-state index < -0.39 is 0 Å². The van der Waals surface area contributed by atoms with Crippen molar-refractivity contribution in [3.63, 3.8) is 0 Å². The van der Waals surface area contributed by atoms with Crippen molar-refractivity contribution in [3.8, 4) is 5.75 Å². The lowest BCUT2D eigenvalue weighted by Crippen LogP contribution is -2.07. The Labute approximate surface area is 132 Å². The molecule has 0 unspecified atom stereocenters. The van der Waals surface area contributed by atoms with Gasteiger partial charge in [0.25, 0.3) is 0 Å². The molecule has 0 aromatic heterocycles. The van der Waals surface area contributed by atoms with E-state index in [0.717, 1.165) is 15.7 Å². The zero-order valence-electron chi connectivity index (χ0n) is 11.9. The minimum atomic E-state index is -0.231. The monoisotopic (exact) mass is 345 g/mol. The Balaban J connectivity index is 2.16. The lowest BCUT2D eigenvalue weighted by molar-refractivity contribution is 0.104. The average Bonchev–Trinajstić information content (AvgIpc) is 2.47. The molecule has 4 heteroatoms. The van der Waals surface area contributed by atoms with Crippen LogP contribution < -0.4 is 4.90 Å². The summed E-state index contributed by atoms with van der Waals surface area (Å²) in [5.74, 6) is -0.249. The topological polar surface area (TPSA) is 40.5 Å². The number of nitrogens with zero attached hydrogens (tertiary/aromatic N) is 1. The minimum Gasteiger partial charge on any atom is -0.507 e. The van der Waals surface area contributed by atoms with Gasteiger partial charge in [0, 0.05) is 24.3 Å². The van der Waals surface area contributed by atoms with Gasteiger partial charge in [-0.1, -0.05) is 34.1 Å². The van der Waals surface area contributed by atoms with Crippen LogP contribution in [-0.2, 0) is 0 Å². The first-order valence-electron chi connectivity index (χ1n) is 6.45. The van der Waals surface area contributed by atoms with E-state index in [4.69, 9.17) is 0 Å². The summed E-state index contributed by atoms with van der Waals surface area (Å²) in [4.78, 5) is 14.1. The quantitative estimate of drug-likeness (QED) is 0.669. The number of anilines is 1. The van der Waals surface area contributed by atoms with Crippen LogP contribution in [0.4, 0.5) is 5.69 Å². The second-order valence-corrected chi connectivity index (χ2v) is 5.76. The third-order valence-corrected chi connectivity index (χ3v) is 3.55. The fourth-order valence-electron chi connectivity index (χ4n) is 1.85. The predicted octanol–water partition coefficient (Wildman–Crippen LogP) is 4.12. The molecule has 2 aromatic carbocycles. The summed E-state index contributed by atoms with van der Waals surface area (Å²) >= 11 is 3.29. The number of benzene rings is 2. The van der Waals surface area contributed by atoms with Crippen LogP contribution in [0.3, 0.4) is 0 Å². The van der Waals surface area contributed by atoms with E-state index in [0.29, 0.717) is 0 Å². The van der Waals surface area contributed by atoms with E-state index >= 15 is 0 Å². The molecule has 2 rings (SSSR count). The van der Waals surface area contributed by atoms with Crippen LogP contribution >= 0.6 is 15.9 Å². The number of hydrogen-bond donors (Lipinski definition) is 1. The molecule has 1 N–H and O–H groups in total. The van der Waals surface area contributed by atoms with Gasteiger partial charge in [0.1, 0.15) is 5.75 Å². The Bertz CT molecular complexity index is 676. The SMILES string of the molecule is CN(C)c1ccc(/C=C/C(=O)c2cc(Br)ccc2O)cc1. The zero-order valence-corrected chi connectivity index (χ0v) is 13.5. The van der Waals surface area contributed by atoms with E-state index in [2.05, 4.69) is 15.9 Å². The second-order valence-electron chi connectivity index (χ2n) is 4.85. The summed E-state index contributed by atoms with van der Waals surface area (Å²) in [6.45, 7) is 0. The van der Waals surface area contributed by atoms with Gasteiger partial charge >= 0.3 is 0 Å². The Kier molecular flexibility index (Phi) is 4.81. The maximum absolute atomic E-state index is 12.1. The van der Waals surface area contributed by atoms with Crippen LogP contribution in [0.5, 0.6) is 5.75 Å². The van der Waals surface area contributed by atoms with Crippen molar-refractivity contribution in [2.75, 3.05) is 19.0 Å². The molecule has 108 valence electrons. The summed E-state index contributed by atoms with van der Waals surface area (Å²) in [6, 6.07) is 12.7. The predicted molar refractivity (Wildman–Crippen MR) is 89.9 cm³/mol. The molecule has 0 aliphatic heterocycles. The van der Waals surface area contributed by atoms with Crippen molar-refractivity contribution < 1.29 is 9.90 Å². The van der Waals surface area contributed by atoms with Crippen molar-refractivity contribution >= 4 is 33.5 Å². The third-order valence-electron chi connectivity index (χ3n) is 3.06.